The number of aromatic nitrogens is 1. The van der Waals surface area contributed by atoms with Crippen molar-refractivity contribution in [1.29, 1.82) is 0 Å². The first-order chi connectivity index (χ1) is 8.50. The molecule has 0 saturated carbocycles. The lowest BCUT2D eigenvalue weighted by Crippen LogP contribution is -2.23. The summed E-state index contributed by atoms with van der Waals surface area (Å²) >= 11 is 4.81. The molecule has 0 spiro atoms. The molecule has 0 radical (unpaired) electrons. The highest BCUT2D eigenvalue weighted by Crippen LogP contribution is 2.29. The predicted octanol–water partition coefficient (Wildman–Crippen LogP) is 3.19. The summed E-state index contributed by atoms with van der Waals surface area (Å²) in [6, 6.07) is 2.11. The van der Waals surface area contributed by atoms with E-state index in [1.807, 2.05) is 20.8 Å². The number of alkyl halides is 3. The summed E-state index contributed by atoms with van der Waals surface area (Å²) in [7, 11) is 0. The second-order valence-corrected chi connectivity index (χ2v) is 5.81. The number of nitrogens with one attached hydrogen (secondary N) is 1. The van der Waals surface area contributed by atoms with Gasteiger partial charge < -0.3 is 11.1 Å². The zero-order valence-electron chi connectivity index (χ0n) is 10.9. The number of nitrogens with zero attached hydrogens (tertiary/aromatic N) is 1. The Morgan fingerprint density at radius 1 is 1.32 bits per heavy atom. The fourth-order valence-corrected chi connectivity index (χ4v) is 1.46. The van der Waals surface area contributed by atoms with Crippen molar-refractivity contribution in [1.82, 2.24) is 4.98 Å². The standard InChI is InChI=1S/C12H16F3N3S/c1-11(2,3)6-17-10-7(9(16)19)4-5-8(18-10)12(13,14)15/h4-5H,6H2,1-3H3,(H2,16,19)(H,17,18). The molecule has 0 aliphatic rings. The van der Waals surface area contributed by atoms with Gasteiger partial charge in [0.05, 0.1) is 5.56 Å². The van der Waals surface area contributed by atoms with Crippen LogP contribution in [0.4, 0.5) is 19.0 Å². The Morgan fingerprint density at radius 2 is 1.89 bits per heavy atom. The molecule has 1 aromatic rings. The fourth-order valence-electron chi connectivity index (χ4n) is 1.30. The molecule has 0 saturated heterocycles. The molecular formula is C12H16F3N3S. The maximum Gasteiger partial charge on any atom is 0.433 e. The molecule has 0 aliphatic heterocycles. The fraction of sp³-hybridized carbons (Fsp3) is 0.500. The van der Waals surface area contributed by atoms with Crippen LogP contribution in [0.1, 0.15) is 32.0 Å². The van der Waals surface area contributed by atoms with E-state index in [2.05, 4.69) is 10.3 Å². The Labute approximate surface area is 115 Å². The summed E-state index contributed by atoms with van der Waals surface area (Å²) in [4.78, 5) is 3.58. The van der Waals surface area contributed by atoms with E-state index in [9.17, 15) is 13.2 Å². The van der Waals surface area contributed by atoms with E-state index < -0.39 is 11.9 Å². The Bertz CT molecular complexity index is 478. The summed E-state index contributed by atoms with van der Waals surface area (Å²) in [5.41, 5.74) is 4.72. The van der Waals surface area contributed by atoms with Crippen LogP contribution in [0.3, 0.4) is 0 Å². The number of anilines is 1. The van der Waals surface area contributed by atoms with E-state index in [-0.39, 0.29) is 16.2 Å². The summed E-state index contributed by atoms with van der Waals surface area (Å²) in [5.74, 6) is 0.0669. The van der Waals surface area contributed by atoms with Gasteiger partial charge in [-0.2, -0.15) is 13.2 Å². The molecule has 1 aromatic heterocycles. The van der Waals surface area contributed by atoms with Crippen molar-refractivity contribution < 1.29 is 13.2 Å². The molecule has 0 unspecified atom stereocenters. The van der Waals surface area contributed by atoms with Crippen molar-refractivity contribution in [3.05, 3.63) is 23.4 Å². The number of hydrogen-bond donors (Lipinski definition) is 2. The summed E-state index contributed by atoms with van der Waals surface area (Å²) in [5, 5.41) is 2.87. The van der Waals surface area contributed by atoms with Gasteiger partial charge >= 0.3 is 6.18 Å². The van der Waals surface area contributed by atoms with E-state index in [1.54, 1.807) is 0 Å². The van der Waals surface area contributed by atoms with Crippen molar-refractivity contribution in [2.45, 2.75) is 26.9 Å². The van der Waals surface area contributed by atoms with Crippen molar-refractivity contribution in [2.75, 3.05) is 11.9 Å². The van der Waals surface area contributed by atoms with Crippen LogP contribution in [0, 0.1) is 5.41 Å². The van der Waals surface area contributed by atoms with Crippen LogP contribution in [-0.4, -0.2) is 16.5 Å². The van der Waals surface area contributed by atoms with E-state index >= 15 is 0 Å². The predicted molar refractivity (Wildman–Crippen MR) is 73.1 cm³/mol. The van der Waals surface area contributed by atoms with Gasteiger partial charge in [-0.05, 0) is 17.5 Å². The van der Waals surface area contributed by atoms with Crippen LogP contribution in [0.25, 0.3) is 0 Å². The smallest absolute Gasteiger partial charge is 0.389 e. The molecule has 7 heteroatoms. The van der Waals surface area contributed by atoms with Crippen molar-refractivity contribution >= 4 is 23.0 Å². The third kappa shape index (κ3) is 4.66. The maximum absolute atomic E-state index is 12.6. The van der Waals surface area contributed by atoms with Crippen LogP contribution in [0.2, 0.25) is 0 Å². The van der Waals surface area contributed by atoms with Gasteiger partial charge in [-0.25, -0.2) is 4.98 Å². The monoisotopic (exact) mass is 291 g/mol. The molecular weight excluding hydrogens is 275 g/mol. The first-order valence-corrected chi connectivity index (χ1v) is 6.03. The summed E-state index contributed by atoms with van der Waals surface area (Å²) in [6.45, 7) is 6.31. The first kappa shape index (κ1) is 15.7. The highest BCUT2D eigenvalue weighted by atomic mass is 32.1. The highest BCUT2D eigenvalue weighted by Gasteiger charge is 2.33. The van der Waals surface area contributed by atoms with Crippen molar-refractivity contribution in [3.63, 3.8) is 0 Å². The van der Waals surface area contributed by atoms with E-state index in [0.717, 1.165) is 6.07 Å². The van der Waals surface area contributed by atoms with Crippen LogP contribution in [0.15, 0.2) is 12.1 Å². The Morgan fingerprint density at radius 3 is 2.32 bits per heavy atom. The number of thiocarbonyl (C=S) groups is 1. The van der Waals surface area contributed by atoms with E-state index in [1.165, 1.54) is 6.07 Å². The molecule has 3 N–H and O–H groups in total. The number of rotatable bonds is 3. The highest BCUT2D eigenvalue weighted by molar-refractivity contribution is 7.80. The number of halogens is 3. The molecule has 0 bridgehead atoms. The van der Waals surface area contributed by atoms with Gasteiger partial charge in [0.25, 0.3) is 0 Å². The molecule has 0 amide bonds. The third-order valence-corrected chi connectivity index (χ3v) is 2.46. The molecule has 0 fully saturated rings. The second kappa shape index (κ2) is 5.32. The first-order valence-electron chi connectivity index (χ1n) is 5.62. The van der Waals surface area contributed by atoms with Crippen LogP contribution in [0.5, 0.6) is 0 Å². The zero-order valence-corrected chi connectivity index (χ0v) is 11.7. The number of pyridine rings is 1. The third-order valence-electron chi connectivity index (χ3n) is 2.24. The van der Waals surface area contributed by atoms with Crippen LogP contribution < -0.4 is 11.1 Å². The number of hydrogen-bond acceptors (Lipinski definition) is 3. The van der Waals surface area contributed by atoms with E-state index in [0.29, 0.717) is 12.1 Å². The average molecular weight is 291 g/mol. The van der Waals surface area contributed by atoms with Crippen molar-refractivity contribution in [3.8, 4) is 0 Å². The van der Waals surface area contributed by atoms with Gasteiger partial charge in [0.2, 0.25) is 0 Å². The molecule has 1 heterocycles. The topological polar surface area (TPSA) is 50.9 Å². The molecule has 0 atom stereocenters. The molecule has 106 valence electrons. The van der Waals surface area contributed by atoms with Gasteiger partial charge in [0.1, 0.15) is 16.5 Å². The zero-order chi connectivity index (χ0) is 14.8. The lowest BCUT2D eigenvalue weighted by molar-refractivity contribution is -0.141. The van der Waals surface area contributed by atoms with Crippen LogP contribution >= 0.6 is 12.2 Å². The quantitative estimate of drug-likeness (QED) is 0.840. The molecule has 19 heavy (non-hydrogen) atoms. The SMILES string of the molecule is CC(C)(C)CNc1nc(C(F)(F)F)ccc1C(N)=S. The van der Waals surface area contributed by atoms with Gasteiger partial charge in [-0.3, -0.25) is 0 Å². The second-order valence-electron chi connectivity index (χ2n) is 5.37. The minimum atomic E-state index is -4.49. The minimum Gasteiger partial charge on any atom is -0.389 e. The summed E-state index contributed by atoms with van der Waals surface area (Å²) in [6.07, 6.45) is -4.49. The Balaban J connectivity index is 3.13. The average Bonchev–Trinajstić information content (AvgIpc) is 2.23. The molecule has 0 aliphatic carbocycles. The van der Waals surface area contributed by atoms with Gasteiger partial charge in [0, 0.05) is 6.54 Å². The lowest BCUT2D eigenvalue weighted by Gasteiger charge is -2.21. The molecule has 1 rings (SSSR count). The Hall–Kier alpha value is -1.37. The minimum absolute atomic E-state index is 0.0117. The van der Waals surface area contributed by atoms with Gasteiger partial charge in [0.15, 0.2) is 0 Å². The van der Waals surface area contributed by atoms with Gasteiger partial charge in [-0.15, -0.1) is 0 Å². The number of nitrogens with two attached hydrogens (primary N) is 1. The van der Waals surface area contributed by atoms with Gasteiger partial charge in [-0.1, -0.05) is 33.0 Å². The molecule has 3 nitrogen and oxygen atoms in total. The summed E-state index contributed by atoms with van der Waals surface area (Å²) < 4.78 is 37.9. The van der Waals surface area contributed by atoms with Crippen LogP contribution in [-0.2, 0) is 6.18 Å². The van der Waals surface area contributed by atoms with Crippen molar-refractivity contribution in [2.24, 2.45) is 11.1 Å². The molecule has 0 aromatic carbocycles. The maximum atomic E-state index is 12.6. The Kier molecular flexibility index (Phi) is 4.39. The lowest BCUT2D eigenvalue weighted by atomic mass is 9.97. The van der Waals surface area contributed by atoms with E-state index in [4.69, 9.17) is 18.0 Å². The normalized spacial score (nSPS) is 12.3. The largest absolute Gasteiger partial charge is 0.433 e.